The van der Waals surface area contributed by atoms with E-state index in [1.165, 1.54) is 4.08 Å². The average Bonchev–Trinajstić information content (AvgIpc) is 3.29. The molecule has 52 heavy (non-hydrogen) atoms. The highest BCUT2D eigenvalue weighted by Crippen LogP contribution is 2.83. The van der Waals surface area contributed by atoms with E-state index in [0.29, 0.717) is 23.0 Å². The molecule has 0 saturated carbocycles. The molecular weight excluding hydrogens is 737 g/mol. The number of anilines is 1. The molecule has 258 valence electrons. The Labute approximate surface area is 300 Å². The zero-order valence-corrected chi connectivity index (χ0v) is 30.8. The van der Waals surface area contributed by atoms with E-state index in [9.17, 15) is 0 Å². The van der Waals surface area contributed by atoms with Crippen LogP contribution in [0.1, 0.15) is 5.56 Å². The molecule has 1 unspecified atom stereocenters. The van der Waals surface area contributed by atoms with Crippen LogP contribution in [0.4, 0.5) is 5.69 Å². The van der Waals surface area contributed by atoms with Crippen molar-refractivity contribution in [2.45, 2.75) is 11.8 Å². The largest absolute Gasteiger partial charge is 0.459 e. The summed E-state index contributed by atoms with van der Waals surface area (Å²) in [6.45, 7) is 1.89. The van der Waals surface area contributed by atoms with Gasteiger partial charge in [-0.05, 0) is 55.5 Å². The Hall–Kier alpha value is -5.24. The van der Waals surface area contributed by atoms with Crippen molar-refractivity contribution in [3.63, 3.8) is 0 Å². The molecule has 0 radical (unpaired) electrons. The summed E-state index contributed by atoms with van der Waals surface area (Å²) in [6.07, 6.45) is 0. The fourth-order valence-electron chi connectivity index (χ4n) is 6.45. The molecule has 6 aromatic carbocycles. The third-order valence-electron chi connectivity index (χ3n) is 8.76. The molecule has 0 aromatic heterocycles. The van der Waals surface area contributed by atoms with Gasteiger partial charge in [-0.25, -0.2) is 8.42 Å². The van der Waals surface area contributed by atoms with Crippen LogP contribution in [0.3, 0.4) is 0 Å². The maximum atomic E-state index is 15.0. The van der Waals surface area contributed by atoms with Crippen molar-refractivity contribution in [1.82, 2.24) is 0 Å². The lowest BCUT2D eigenvalue weighted by atomic mass is 10.0. The second-order valence-corrected chi connectivity index (χ2v) is 20.7. The van der Waals surface area contributed by atoms with Crippen LogP contribution in [-0.4, -0.2) is 8.42 Å². The van der Waals surface area contributed by atoms with Gasteiger partial charge in [0.15, 0.2) is 5.75 Å². The molecule has 1 atom stereocenters. The zero-order valence-electron chi connectivity index (χ0n) is 27.3. The number of para-hydroxylation sites is 6. The van der Waals surface area contributed by atoms with Crippen LogP contribution in [0.15, 0.2) is 164 Å². The van der Waals surface area contributed by atoms with Crippen molar-refractivity contribution in [3.8, 4) is 51.0 Å². The molecule has 0 fully saturated rings. The number of fused-ring (bicyclic) bond motifs is 7. The maximum absolute atomic E-state index is 15.0. The first kappa shape index (κ1) is 31.5. The number of nitrogens with zero attached hydrogens (tertiary/aromatic N) is 4. The molecule has 0 aliphatic carbocycles. The van der Waals surface area contributed by atoms with Crippen LogP contribution >= 0.6 is 22.9 Å². The lowest BCUT2D eigenvalue weighted by molar-refractivity contribution is 0.466. The molecule has 0 saturated heterocycles. The van der Waals surface area contributed by atoms with Gasteiger partial charge < -0.3 is 22.6 Å². The molecule has 3 spiro atoms. The van der Waals surface area contributed by atoms with Crippen LogP contribution in [-0.2, 0) is 10.0 Å². The Morgan fingerprint density at radius 2 is 0.865 bits per heavy atom. The predicted molar refractivity (Wildman–Crippen MR) is 202 cm³/mol. The number of aryl methyl sites for hydroxylation is 1. The van der Waals surface area contributed by atoms with Gasteiger partial charge >= 0.3 is 22.9 Å². The molecule has 4 aliphatic rings. The van der Waals surface area contributed by atoms with Gasteiger partial charge in [-0.3, -0.25) is 0 Å². The van der Waals surface area contributed by atoms with E-state index in [2.05, 4.69) is 0 Å². The third kappa shape index (κ3) is 4.86. The molecule has 6 aromatic rings. The summed E-state index contributed by atoms with van der Waals surface area (Å²) in [5, 5.41) is 0. The maximum Gasteiger partial charge on any atom is 0.459 e. The Bertz CT molecular complexity index is 2570. The van der Waals surface area contributed by atoms with Gasteiger partial charge in [-0.15, -0.1) is 9.03 Å². The molecule has 0 N–H and O–H groups in total. The predicted octanol–water partition coefficient (Wildman–Crippen LogP) is 11.7. The van der Waals surface area contributed by atoms with E-state index in [1.807, 2.05) is 79.7 Å². The smallest absolute Gasteiger partial charge is 0.424 e. The van der Waals surface area contributed by atoms with E-state index in [4.69, 9.17) is 36.2 Å². The van der Waals surface area contributed by atoms with E-state index < -0.39 is 32.9 Å². The minimum absolute atomic E-state index is 0.0299. The van der Waals surface area contributed by atoms with E-state index >= 15 is 8.42 Å². The second-order valence-electron chi connectivity index (χ2n) is 12.2. The van der Waals surface area contributed by atoms with Crippen molar-refractivity contribution in [1.29, 1.82) is 0 Å². The highest BCUT2D eigenvalue weighted by molar-refractivity contribution is 8.02. The van der Waals surface area contributed by atoms with Gasteiger partial charge in [-0.2, -0.15) is 4.08 Å². The van der Waals surface area contributed by atoms with Crippen molar-refractivity contribution < 1.29 is 31.0 Å². The first-order chi connectivity index (χ1) is 25.3. The number of rotatable bonds is 2. The summed E-state index contributed by atoms with van der Waals surface area (Å²) in [5.74, 6) is 2.01. The van der Waals surface area contributed by atoms with Crippen LogP contribution in [0.5, 0.6) is 28.7 Å². The topological polar surface area (TPSA) is 121 Å². The second kappa shape index (κ2) is 11.4. The minimum atomic E-state index is -4.41. The summed E-state index contributed by atoms with van der Waals surface area (Å²) in [6, 6.07) is 43.3. The van der Waals surface area contributed by atoms with Crippen LogP contribution in [0.25, 0.3) is 22.3 Å². The molecule has 4 heterocycles. The first-order valence-corrected chi connectivity index (χ1v) is 22.3. The summed E-state index contributed by atoms with van der Waals surface area (Å²) in [5.41, 5.74) is 4.16. The zero-order chi connectivity index (χ0) is 35.1. The van der Waals surface area contributed by atoms with Gasteiger partial charge in [0.2, 0.25) is 0 Å². The SMILES string of the molecule is Cc1ccc(S(=O)(=O)N2c3ccccc3OP23=NP2(=NP4(=N3)Oc3ccccc3-c3ccccc3O4)Oc3ccccc3-c3ccccc3O2)cc1. The Kier molecular flexibility index (Phi) is 6.89. The lowest BCUT2D eigenvalue weighted by Gasteiger charge is -2.33. The third-order valence-corrected chi connectivity index (χ3v) is 19.9. The molecule has 0 amide bonds. The molecule has 0 bridgehead atoms. The number of hydrogen-bond acceptors (Lipinski definition) is 10. The van der Waals surface area contributed by atoms with Crippen LogP contribution < -0.4 is 26.7 Å². The highest BCUT2D eigenvalue weighted by Gasteiger charge is 2.57. The molecule has 15 heteroatoms. The normalized spacial score (nSPS) is 19.4. The van der Waals surface area contributed by atoms with Gasteiger partial charge in [0, 0.05) is 22.3 Å². The molecule has 11 nitrogen and oxygen atoms in total. The molecule has 4 aliphatic heterocycles. The van der Waals surface area contributed by atoms with Gasteiger partial charge in [-0.1, -0.05) is 107 Å². The van der Waals surface area contributed by atoms with E-state index in [0.717, 1.165) is 27.8 Å². The fourth-order valence-corrected chi connectivity index (χ4v) is 19.2. The summed E-state index contributed by atoms with van der Waals surface area (Å²) in [7, 11) is -16.7. The molecule has 10 rings (SSSR count). The highest BCUT2D eigenvalue weighted by atomic mass is 32.2. The summed E-state index contributed by atoms with van der Waals surface area (Å²) in [4.78, 5) is 0.0299. The average molecular weight is 765 g/mol. The summed E-state index contributed by atoms with van der Waals surface area (Å²) >= 11 is 0. The van der Waals surface area contributed by atoms with E-state index in [-0.39, 0.29) is 16.3 Å². The Morgan fingerprint density at radius 3 is 1.35 bits per heavy atom. The van der Waals surface area contributed by atoms with Gasteiger partial charge in [0.05, 0.1) is 4.90 Å². The summed E-state index contributed by atoms with van der Waals surface area (Å²) < 4.78 is 81.1. The van der Waals surface area contributed by atoms with E-state index in [1.54, 1.807) is 72.8 Å². The number of sulfonamides is 1. The molecular formula is C37H27N4O7P3S. The Morgan fingerprint density at radius 1 is 0.462 bits per heavy atom. The number of benzene rings is 6. The van der Waals surface area contributed by atoms with Crippen LogP contribution in [0.2, 0.25) is 0 Å². The van der Waals surface area contributed by atoms with Crippen molar-refractivity contribution >= 4 is 38.6 Å². The first-order valence-electron chi connectivity index (χ1n) is 16.2. The Balaban J connectivity index is 1.33. The van der Waals surface area contributed by atoms with Crippen molar-refractivity contribution in [2.24, 2.45) is 13.5 Å². The fraction of sp³-hybridized carbons (Fsp3) is 0.0270. The van der Waals surface area contributed by atoms with Crippen molar-refractivity contribution in [3.05, 3.63) is 151 Å². The quantitative estimate of drug-likeness (QED) is 0.161. The minimum Gasteiger partial charge on any atom is -0.424 e. The number of hydrogen-bond donors (Lipinski definition) is 0. The van der Waals surface area contributed by atoms with Crippen molar-refractivity contribution in [2.75, 3.05) is 4.08 Å². The van der Waals surface area contributed by atoms with Gasteiger partial charge in [0.1, 0.15) is 28.7 Å². The van der Waals surface area contributed by atoms with Gasteiger partial charge in [0.25, 0.3) is 10.0 Å². The lowest BCUT2D eigenvalue weighted by Crippen LogP contribution is -2.26. The standard InChI is InChI=1S/C37H27N4O7P3S/c1-26-22-24-27(25-23-26)52(42,43)41-32-16-6-11-21-37(32)44-49(41)38-50(45-33-17-7-2-12-28(33)29-13-3-8-18-34(29)46-50)40-51(39-49)47-35-19-9-4-14-30(35)31-15-5-10-20-36(31)48-51/h2-25H,1H3. The monoisotopic (exact) mass is 764 g/mol. The van der Waals surface area contributed by atoms with Crippen LogP contribution in [0, 0.1) is 6.92 Å².